The Kier molecular flexibility index (Phi) is 2.95. The molecule has 0 radical (unpaired) electrons. The molecular weight excluding hydrogens is 158 g/mol. The first-order valence-electron chi connectivity index (χ1n) is 2.46. The van der Waals surface area contributed by atoms with Gasteiger partial charge in [0.05, 0.1) is 5.75 Å². The second-order valence-corrected chi connectivity index (χ2v) is 3.12. The van der Waals surface area contributed by atoms with Crippen molar-refractivity contribution in [3.63, 3.8) is 0 Å². The highest BCUT2D eigenvalue weighted by molar-refractivity contribution is 7.79. The molecule has 0 saturated carbocycles. The largest absolute Gasteiger partial charge is 0.480 e. The van der Waals surface area contributed by atoms with E-state index >= 15 is 0 Å². The van der Waals surface area contributed by atoms with Gasteiger partial charge in [0.15, 0.2) is 11.1 Å². The summed E-state index contributed by atoms with van der Waals surface area (Å²) in [5.74, 6) is -1.74. The van der Waals surface area contributed by atoms with Crippen LogP contribution in [0.4, 0.5) is 0 Å². The molecule has 6 heteroatoms. The van der Waals surface area contributed by atoms with Gasteiger partial charge in [0.25, 0.3) is 0 Å². The molecule has 0 aliphatic rings. The van der Waals surface area contributed by atoms with E-state index in [4.69, 9.17) is 15.4 Å². The van der Waals surface area contributed by atoms with Crippen molar-refractivity contribution in [3.05, 3.63) is 0 Å². The Morgan fingerprint density at radius 1 is 1.80 bits per heavy atom. The maximum absolute atomic E-state index is 10.2. The van der Waals surface area contributed by atoms with Crippen LogP contribution in [0.25, 0.3) is 0 Å². The molecule has 0 aromatic carbocycles. The topological polar surface area (TPSA) is 101 Å². The number of hydrogen-bond donors (Lipinski definition) is 3. The molecule has 0 bridgehead atoms. The summed E-state index contributed by atoms with van der Waals surface area (Å²) in [6.07, 6.45) is 0. The van der Waals surface area contributed by atoms with E-state index in [-0.39, 0.29) is 0 Å². The van der Waals surface area contributed by atoms with E-state index in [1.807, 2.05) is 0 Å². The first kappa shape index (κ1) is 9.54. The molecule has 5 nitrogen and oxygen atoms in total. The van der Waals surface area contributed by atoms with Crippen LogP contribution in [0.15, 0.2) is 0 Å². The lowest BCUT2D eigenvalue weighted by atomic mass is 10.1. The van der Waals surface area contributed by atoms with Crippen molar-refractivity contribution in [3.8, 4) is 0 Å². The van der Waals surface area contributed by atoms with Gasteiger partial charge >= 0.3 is 5.97 Å². The van der Waals surface area contributed by atoms with E-state index in [1.165, 1.54) is 6.92 Å². The zero-order valence-corrected chi connectivity index (χ0v) is 6.22. The maximum Gasteiger partial charge on any atom is 0.324 e. The monoisotopic (exact) mass is 167 g/mol. The third-order valence-corrected chi connectivity index (χ3v) is 1.76. The molecule has 0 aromatic rings. The van der Waals surface area contributed by atoms with Gasteiger partial charge in [-0.15, -0.1) is 0 Å². The minimum absolute atomic E-state index is 0.456. The summed E-state index contributed by atoms with van der Waals surface area (Å²) in [5, 5.41) is 8.32. The van der Waals surface area contributed by atoms with E-state index in [2.05, 4.69) is 0 Å². The Hall–Kier alpha value is -0.460. The van der Waals surface area contributed by atoms with Crippen molar-refractivity contribution in [2.75, 3.05) is 5.75 Å². The molecule has 1 unspecified atom stereocenters. The highest BCUT2D eigenvalue weighted by Gasteiger charge is 2.29. The lowest BCUT2D eigenvalue weighted by Gasteiger charge is -2.15. The third-order valence-electron chi connectivity index (χ3n) is 0.912. The summed E-state index contributed by atoms with van der Waals surface area (Å²) in [7, 11) is 0. The second kappa shape index (κ2) is 3.09. The fourth-order valence-corrected chi connectivity index (χ4v) is 0.955. The lowest BCUT2D eigenvalue weighted by Crippen LogP contribution is -2.49. The molecule has 10 heavy (non-hydrogen) atoms. The summed E-state index contributed by atoms with van der Waals surface area (Å²) >= 11 is -2.16. The summed E-state index contributed by atoms with van der Waals surface area (Å²) in [4.78, 5) is 10.2. The molecule has 0 aliphatic carbocycles. The van der Waals surface area contributed by atoms with Crippen LogP contribution in [0.1, 0.15) is 6.92 Å². The average molecular weight is 167 g/mol. The van der Waals surface area contributed by atoms with Crippen LogP contribution in [0.2, 0.25) is 0 Å². The van der Waals surface area contributed by atoms with Crippen molar-refractivity contribution in [1.82, 2.24) is 0 Å². The van der Waals surface area contributed by atoms with Gasteiger partial charge in [-0.3, -0.25) is 4.79 Å². The predicted molar refractivity (Wildman–Crippen MR) is 35.9 cm³/mol. The highest BCUT2D eigenvalue weighted by atomic mass is 32.2. The highest BCUT2D eigenvalue weighted by Crippen LogP contribution is 1.99. The van der Waals surface area contributed by atoms with Crippen molar-refractivity contribution >= 4 is 17.0 Å². The Morgan fingerprint density at radius 3 is 2.30 bits per heavy atom. The zero-order chi connectivity index (χ0) is 8.36. The Morgan fingerprint density at radius 2 is 2.20 bits per heavy atom. The summed E-state index contributed by atoms with van der Waals surface area (Å²) in [6.45, 7) is 1.18. The van der Waals surface area contributed by atoms with Gasteiger partial charge in [-0.1, -0.05) is 0 Å². The molecule has 0 saturated heterocycles. The van der Waals surface area contributed by atoms with E-state index in [9.17, 15) is 9.00 Å². The lowest BCUT2D eigenvalue weighted by molar-refractivity contribution is -0.141. The van der Waals surface area contributed by atoms with Crippen molar-refractivity contribution in [2.24, 2.45) is 5.73 Å². The molecule has 0 amide bonds. The van der Waals surface area contributed by atoms with Crippen molar-refractivity contribution in [1.29, 1.82) is 0 Å². The third kappa shape index (κ3) is 2.90. The molecule has 60 valence electrons. The van der Waals surface area contributed by atoms with Gasteiger partial charge in [0.2, 0.25) is 0 Å². The molecule has 2 atom stereocenters. The van der Waals surface area contributed by atoms with Gasteiger partial charge in [0.1, 0.15) is 5.54 Å². The van der Waals surface area contributed by atoms with E-state index < -0.39 is 28.3 Å². The molecule has 0 heterocycles. The van der Waals surface area contributed by atoms with Gasteiger partial charge in [-0.2, -0.15) is 0 Å². The first-order chi connectivity index (χ1) is 4.36. The van der Waals surface area contributed by atoms with Crippen LogP contribution < -0.4 is 5.73 Å². The standard InChI is InChI=1S/C4H9NO4S/c1-4(5,3(6)7)2-10(8)9/h2,5H2,1H3,(H,6,7)(H,8,9)/t4-/m0/s1. The number of hydrogen-bond acceptors (Lipinski definition) is 3. The predicted octanol–water partition coefficient (Wildman–Crippen LogP) is -0.990. The molecular formula is C4H9NO4S. The van der Waals surface area contributed by atoms with Gasteiger partial charge in [-0.05, 0) is 6.92 Å². The molecule has 4 N–H and O–H groups in total. The van der Waals surface area contributed by atoms with Crippen molar-refractivity contribution in [2.45, 2.75) is 12.5 Å². The summed E-state index contributed by atoms with van der Waals surface area (Å²) in [6, 6.07) is 0. The zero-order valence-electron chi connectivity index (χ0n) is 5.40. The summed E-state index contributed by atoms with van der Waals surface area (Å²) < 4.78 is 18.4. The first-order valence-corrected chi connectivity index (χ1v) is 3.73. The number of carboxylic acid groups (broad SMARTS) is 1. The number of carboxylic acids is 1. The van der Waals surface area contributed by atoms with Crippen LogP contribution in [-0.4, -0.2) is 31.1 Å². The molecule has 0 aromatic heterocycles. The van der Waals surface area contributed by atoms with E-state index in [0.717, 1.165) is 0 Å². The Bertz CT molecular complexity index is 167. The van der Waals surface area contributed by atoms with Crippen LogP contribution in [0.5, 0.6) is 0 Å². The number of nitrogens with two attached hydrogens (primary N) is 1. The minimum Gasteiger partial charge on any atom is -0.480 e. The Labute approximate surface area is 60.5 Å². The normalized spacial score (nSPS) is 19.5. The van der Waals surface area contributed by atoms with E-state index in [0.29, 0.717) is 0 Å². The van der Waals surface area contributed by atoms with Crippen LogP contribution in [0.3, 0.4) is 0 Å². The number of aliphatic carboxylic acids is 1. The van der Waals surface area contributed by atoms with E-state index in [1.54, 1.807) is 0 Å². The quantitative estimate of drug-likeness (QED) is 0.468. The smallest absolute Gasteiger partial charge is 0.324 e. The van der Waals surface area contributed by atoms with Gasteiger partial charge in [0, 0.05) is 0 Å². The summed E-state index contributed by atoms with van der Waals surface area (Å²) in [5.41, 5.74) is 3.50. The second-order valence-electron chi connectivity index (χ2n) is 2.19. The number of carbonyl (C=O) groups is 1. The maximum atomic E-state index is 10.2. The van der Waals surface area contributed by atoms with Crippen LogP contribution >= 0.6 is 0 Å². The average Bonchev–Trinajstić information content (AvgIpc) is 1.60. The number of rotatable bonds is 3. The molecule has 0 rings (SSSR count). The Balaban J connectivity index is 4.13. The molecule has 0 aliphatic heterocycles. The van der Waals surface area contributed by atoms with Crippen LogP contribution in [0, 0.1) is 0 Å². The van der Waals surface area contributed by atoms with Gasteiger partial charge < -0.3 is 15.4 Å². The van der Waals surface area contributed by atoms with Gasteiger partial charge in [-0.25, -0.2) is 4.21 Å². The molecule has 0 spiro atoms. The fraction of sp³-hybridized carbons (Fsp3) is 0.750. The SMILES string of the molecule is C[C@](N)(CS(=O)O)C(=O)O. The van der Waals surface area contributed by atoms with Crippen molar-refractivity contribution < 1.29 is 18.7 Å². The van der Waals surface area contributed by atoms with Crippen LogP contribution in [-0.2, 0) is 15.9 Å². The fourth-order valence-electron chi connectivity index (χ4n) is 0.318. The molecule has 0 fully saturated rings. The minimum atomic E-state index is -2.16.